The van der Waals surface area contributed by atoms with Crippen LogP contribution in [0.2, 0.25) is 0 Å². The van der Waals surface area contributed by atoms with Crippen LogP contribution >= 0.6 is 0 Å². The van der Waals surface area contributed by atoms with Gasteiger partial charge in [0, 0.05) is 31.7 Å². The van der Waals surface area contributed by atoms with E-state index < -0.39 is 47.3 Å². The molecular formula is C26H29F3N2O7. The zero-order valence-electron chi connectivity index (χ0n) is 21.2. The second-order valence-corrected chi connectivity index (χ2v) is 8.99. The molecule has 1 aliphatic heterocycles. The molecule has 1 saturated heterocycles. The standard InChI is InChI=1S/C26H29F3N2O7/c1-17(2)9-7-8-12-37-20-13-22(38-21(20)15-36-16-35-3)30-14-19(26(27,28)29)24(33)31(25(30)34)23(32)18-10-5-4-6-11-18/h4-6,10-11,14,17,20-22H,9,12-13,15-16H2,1-3H3/t20-,21+,22+/m0/s1. The molecule has 2 aromatic rings. The molecule has 0 saturated carbocycles. The van der Waals surface area contributed by atoms with Gasteiger partial charge in [0.15, 0.2) is 0 Å². The Labute approximate surface area is 217 Å². The van der Waals surface area contributed by atoms with Gasteiger partial charge in [-0.2, -0.15) is 17.7 Å². The van der Waals surface area contributed by atoms with E-state index in [1.54, 1.807) is 6.07 Å². The predicted molar refractivity (Wildman–Crippen MR) is 129 cm³/mol. The summed E-state index contributed by atoms with van der Waals surface area (Å²) in [7, 11) is 1.42. The number of benzene rings is 1. The Morgan fingerprint density at radius 2 is 1.89 bits per heavy atom. The number of rotatable bonds is 9. The molecule has 9 nitrogen and oxygen atoms in total. The van der Waals surface area contributed by atoms with Crippen molar-refractivity contribution < 1.29 is 36.9 Å². The number of hydrogen-bond acceptors (Lipinski definition) is 7. The van der Waals surface area contributed by atoms with Gasteiger partial charge in [0.2, 0.25) is 0 Å². The highest BCUT2D eigenvalue weighted by molar-refractivity contribution is 5.95. The van der Waals surface area contributed by atoms with Crippen LogP contribution in [0.25, 0.3) is 0 Å². The molecule has 0 bridgehead atoms. The number of nitrogens with zero attached hydrogens (tertiary/aromatic N) is 2. The third-order valence-electron chi connectivity index (χ3n) is 5.62. The SMILES string of the molecule is COCOC[C@H]1O[C@@H](n2cc(C(F)(F)F)c(=O)n(C(=O)c3ccccc3)c2=O)C[C@@H]1OCC#CCC(C)C. The highest BCUT2D eigenvalue weighted by atomic mass is 19.4. The number of carbonyl (C=O) groups is 1. The van der Waals surface area contributed by atoms with E-state index in [1.807, 2.05) is 13.8 Å². The first-order valence-electron chi connectivity index (χ1n) is 11.9. The molecule has 1 aromatic carbocycles. The molecular weight excluding hydrogens is 509 g/mol. The molecule has 12 heteroatoms. The minimum Gasteiger partial charge on any atom is -0.363 e. The van der Waals surface area contributed by atoms with Gasteiger partial charge in [-0.15, -0.1) is 5.92 Å². The molecule has 3 rings (SSSR count). The van der Waals surface area contributed by atoms with Crippen molar-refractivity contribution in [2.45, 2.75) is 51.3 Å². The first-order valence-corrected chi connectivity index (χ1v) is 11.9. The number of alkyl halides is 3. The number of methoxy groups -OCH3 is 1. The molecule has 0 N–H and O–H groups in total. The van der Waals surface area contributed by atoms with Crippen LogP contribution in [0.1, 0.15) is 48.8 Å². The molecule has 0 spiro atoms. The summed E-state index contributed by atoms with van der Waals surface area (Å²) in [5.74, 6) is 5.03. The van der Waals surface area contributed by atoms with Gasteiger partial charge in [0.05, 0.1) is 12.7 Å². The van der Waals surface area contributed by atoms with Crippen molar-refractivity contribution in [1.82, 2.24) is 9.13 Å². The highest BCUT2D eigenvalue weighted by Gasteiger charge is 2.41. The average Bonchev–Trinajstić information content (AvgIpc) is 3.26. The monoisotopic (exact) mass is 538 g/mol. The van der Waals surface area contributed by atoms with Crippen LogP contribution in [-0.4, -0.2) is 54.4 Å². The first-order chi connectivity index (χ1) is 18.0. The van der Waals surface area contributed by atoms with E-state index in [4.69, 9.17) is 18.9 Å². The molecule has 2 heterocycles. The van der Waals surface area contributed by atoms with Gasteiger partial charge in [0.25, 0.3) is 11.5 Å². The summed E-state index contributed by atoms with van der Waals surface area (Å²) < 4.78 is 63.8. The summed E-state index contributed by atoms with van der Waals surface area (Å²) in [5, 5.41) is 0. The predicted octanol–water partition coefficient (Wildman–Crippen LogP) is 3.06. The smallest absolute Gasteiger partial charge is 0.363 e. The van der Waals surface area contributed by atoms with Gasteiger partial charge in [-0.3, -0.25) is 14.2 Å². The van der Waals surface area contributed by atoms with Crippen molar-refractivity contribution >= 4 is 5.91 Å². The second-order valence-electron chi connectivity index (χ2n) is 8.99. The van der Waals surface area contributed by atoms with Gasteiger partial charge >= 0.3 is 11.9 Å². The molecule has 38 heavy (non-hydrogen) atoms. The molecule has 0 unspecified atom stereocenters. The van der Waals surface area contributed by atoms with Crippen LogP contribution in [0.3, 0.4) is 0 Å². The minimum absolute atomic E-state index is 0.0243. The van der Waals surface area contributed by atoms with Crippen molar-refractivity contribution in [2.24, 2.45) is 5.92 Å². The minimum atomic E-state index is -5.13. The number of hydrogen-bond donors (Lipinski definition) is 0. The highest BCUT2D eigenvalue weighted by Crippen LogP contribution is 2.32. The Morgan fingerprint density at radius 1 is 1.18 bits per heavy atom. The lowest BCUT2D eigenvalue weighted by molar-refractivity contribution is -0.140. The van der Waals surface area contributed by atoms with Crippen molar-refractivity contribution in [2.75, 3.05) is 27.1 Å². The fourth-order valence-corrected chi connectivity index (χ4v) is 3.78. The van der Waals surface area contributed by atoms with Crippen LogP contribution in [0.5, 0.6) is 0 Å². The van der Waals surface area contributed by atoms with Crippen molar-refractivity contribution in [3.05, 3.63) is 68.5 Å². The second kappa shape index (κ2) is 13.0. The van der Waals surface area contributed by atoms with Gasteiger partial charge in [-0.05, 0) is 18.1 Å². The molecule has 1 aliphatic rings. The van der Waals surface area contributed by atoms with E-state index >= 15 is 0 Å². The van der Waals surface area contributed by atoms with E-state index in [2.05, 4.69) is 11.8 Å². The lowest BCUT2D eigenvalue weighted by Gasteiger charge is -2.19. The maximum Gasteiger partial charge on any atom is 0.423 e. The number of carbonyl (C=O) groups excluding carboxylic acids is 1. The molecule has 1 aromatic heterocycles. The van der Waals surface area contributed by atoms with E-state index in [0.29, 0.717) is 23.1 Å². The lowest BCUT2D eigenvalue weighted by atomic mass is 10.1. The van der Waals surface area contributed by atoms with Crippen LogP contribution in [0.4, 0.5) is 13.2 Å². The Kier molecular flexibility index (Phi) is 10.0. The maximum atomic E-state index is 13.8. The molecule has 1 fully saturated rings. The summed E-state index contributed by atoms with van der Waals surface area (Å²) in [4.78, 5) is 38.9. The van der Waals surface area contributed by atoms with E-state index in [1.165, 1.54) is 31.4 Å². The van der Waals surface area contributed by atoms with Gasteiger partial charge in [-0.1, -0.05) is 38.0 Å². The van der Waals surface area contributed by atoms with Gasteiger partial charge in [0.1, 0.15) is 31.3 Å². The summed E-state index contributed by atoms with van der Waals surface area (Å²) in [6, 6.07) is 7.08. The Balaban J connectivity index is 1.98. The molecule has 0 aliphatic carbocycles. The molecule has 3 atom stereocenters. The number of aromatic nitrogens is 2. The summed E-state index contributed by atoms with van der Waals surface area (Å²) in [6.45, 7) is 3.95. The largest absolute Gasteiger partial charge is 0.423 e. The van der Waals surface area contributed by atoms with Crippen molar-refractivity contribution in [1.29, 1.82) is 0 Å². The van der Waals surface area contributed by atoms with Crippen molar-refractivity contribution in [3.63, 3.8) is 0 Å². The van der Waals surface area contributed by atoms with Crippen LogP contribution < -0.4 is 11.2 Å². The fraction of sp³-hybridized carbons (Fsp3) is 0.500. The first kappa shape index (κ1) is 29.3. The Hall–Kier alpha value is -3.24. The zero-order valence-corrected chi connectivity index (χ0v) is 21.2. The number of ether oxygens (including phenoxy) is 4. The Bertz CT molecular complexity index is 1280. The topological polar surface area (TPSA) is 98.0 Å². The fourth-order valence-electron chi connectivity index (χ4n) is 3.78. The van der Waals surface area contributed by atoms with E-state index in [-0.39, 0.29) is 36.6 Å². The summed E-state index contributed by atoms with van der Waals surface area (Å²) in [6.07, 6.45) is -6.90. The summed E-state index contributed by atoms with van der Waals surface area (Å²) >= 11 is 0. The third kappa shape index (κ3) is 7.20. The zero-order chi connectivity index (χ0) is 27.9. The summed E-state index contributed by atoms with van der Waals surface area (Å²) in [5.41, 5.74) is -4.84. The van der Waals surface area contributed by atoms with Gasteiger partial charge < -0.3 is 18.9 Å². The van der Waals surface area contributed by atoms with Gasteiger partial charge in [-0.25, -0.2) is 4.79 Å². The van der Waals surface area contributed by atoms with Crippen LogP contribution in [-0.2, 0) is 25.1 Å². The third-order valence-corrected chi connectivity index (χ3v) is 5.62. The molecule has 0 radical (unpaired) electrons. The van der Waals surface area contributed by atoms with Crippen molar-refractivity contribution in [3.8, 4) is 11.8 Å². The lowest BCUT2D eigenvalue weighted by Crippen LogP contribution is -2.47. The average molecular weight is 539 g/mol. The molecule has 0 amide bonds. The van der Waals surface area contributed by atoms with E-state index in [9.17, 15) is 27.6 Å². The quantitative estimate of drug-likeness (QED) is 0.275. The van der Waals surface area contributed by atoms with Crippen LogP contribution in [0, 0.1) is 17.8 Å². The number of halogens is 3. The molecule has 206 valence electrons. The maximum absolute atomic E-state index is 13.8. The Morgan fingerprint density at radius 3 is 2.53 bits per heavy atom. The van der Waals surface area contributed by atoms with E-state index in [0.717, 1.165) is 0 Å². The van der Waals surface area contributed by atoms with Crippen LogP contribution in [0.15, 0.2) is 46.1 Å². The normalized spacial score (nSPS) is 19.4.